The van der Waals surface area contributed by atoms with Crippen LogP contribution in [0.4, 0.5) is 10.5 Å². The molecule has 0 aliphatic carbocycles. The number of benzene rings is 2. The van der Waals surface area contributed by atoms with Crippen molar-refractivity contribution >= 4 is 49.3 Å². The summed E-state index contributed by atoms with van der Waals surface area (Å²) in [5, 5.41) is 3.00. The Morgan fingerprint density at radius 2 is 1.78 bits per heavy atom. The average molecular weight is 473 g/mol. The van der Waals surface area contributed by atoms with E-state index in [0.29, 0.717) is 30.4 Å². The predicted molar refractivity (Wildman–Crippen MR) is 110 cm³/mol. The Kier molecular flexibility index (Phi) is 6.41. The summed E-state index contributed by atoms with van der Waals surface area (Å²) in [5.41, 5.74) is 0.732. The Morgan fingerprint density at radius 3 is 2.41 bits per heavy atom. The molecular formula is C18H19BrClN3O3S. The zero-order valence-corrected chi connectivity index (χ0v) is 17.5. The maximum Gasteiger partial charge on any atom is 0.321 e. The third kappa shape index (κ3) is 5.22. The van der Waals surface area contributed by atoms with Gasteiger partial charge >= 0.3 is 6.03 Å². The molecule has 2 amide bonds. The van der Waals surface area contributed by atoms with Gasteiger partial charge in [-0.15, -0.1) is 0 Å². The van der Waals surface area contributed by atoms with E-state index in [9.17, 15) is 13.2 Å². The molecule has 1 aliphatic heterocycles. The predicted octanol–water partition coefficient (Wildman–Crippen LogP) is 4.08. The van der Waals surface area contributed by atoms with Crippen molar-refractivity contribution in [1.29, 1.82) is 0 Å². The largest absolute Gasteiger partial charge is 0.324 e. The minimum Gasteiger partial charge on any atom is -0.324 e. The van der Waals surface area contributed by atoms with Gasteiger partial charge in [-0.2, -0.15) is 0 Å². The van der Waals surface area contributed by atoms with E-state index in [1.54, 1.807) is 17.0 Å². The van der Waals surface area contributed by atoms with Gasteiger partial charge in [0.1, 0.15) is 4.90 Å². The first-order chi connectivity index (χ1) is 12.8. The number of hydrogen-bond acceptors (Lipinski definition) is 3. The van der Waals surface area contributed by atoms with E-state index in [2.05, 4.69) is 26.0 Å². The van der Waals surface area contributed by atoms with Crippen LogP contribution in [0.1, 0.15) is 12.8 Å². The quantitative estimate of drug-likeness (QED) is 0.704. The molecule has 1 aliphatic rings. The molecule has 6 nitrogen and oxygen atoms in total. The first-order valence-corrected chi connectivity index (χ1v) is 11.1. The molecule has 0 spiro atoms. The fourth-order valence-electron chi connectivity index (χ4n) is 2.90. The smallest absolute Gasteiger partial charge is 0.321 e. The van der Waals surface area contributed by atoms with E-state index in [-0.39, 0.29) is 22.0 Å². The summed E-state index contributed by atoms with van der Waals surface area (Å²) in [4.78, 5) is 14.0. The number of urea groups is 1. The van der Waals surface area contributed by atoms with Crippen molar-refractivity contribution < 1.29 is 13.2 Å². The van der Waals surface area contributed by atoms with Crippen LogP contribution in [-0.4, -0.2) is 38.5 Å². The second-order valence-corrected chi connectivity index (χ2v) is 9.26. The minimum atomic E-state index is -3.72. The number of amides is 2. The van der Waals surface area contributed by atoms with Crippen LogP contribution < -0.4 is 10.0 Å². The SMILES string of the molecule is O=C(Nc1ccccc1)N1CCC(NS(=O)(=O)c2ccc(Br)cc2Cl)CC1. The molecule has 0 radical (unpaired) electrons. The third-order valence-electron chi connectivity index (χ3n) is 4.31. The maximum absolute atomic E-state index is 12.6. The normalized spacial score (nSPS) is 15.6. The van der Waals surface area contributed by atoms with Gasteiger partial charge in [-0.05, 0) is 43.2 Å². The van der Waals surface area contributed by atoms with Gasteiger partial charge in [0.2, 0.25) is 10.0 Å². The van der Waals surface area contributed by atoms with Crippen LogP contribution in [0, 0.1) is 0 Å². The Morgan fingerprint density at radius 1 is 1.11 bits per heavy atom. The van der Waals surface area contributed by atoms with E-state index < -0.39 is 10.0 Å². The zero-order valence-electron chi connectivity index (χ0n) is 14.4. The van der Waals surface area contributed by atoms with Crippen molar-refractivity contribution in [2.24, 2.45) is 0 Å². The number of carbonyl (C=O) groups is 1. The number of piperidine rings is 1. The lowest BCUT2D eigenvalue weighted by Crippen LogP contribution is -2.47. The van der Waals surface area contributed by atoms with Gasteiger partial charge in [0.25, 0.3) is 0 Å². The zero-order chi connectivity index (χ0) is 19.4. The summed E-state index contributed by atoms with van der Waals surface area (Å²) in [5.74, 6) is 0. The van der Waals surface area contributed by atoms with Crippen LogP contribution in [-0.2, 0) is 10.0 Å². The van der Waals surface area contributed by atoms with Crippen LogP contribution in [0.2, 0.25) is 5.02 Å². The van der Waals surface area contributed by atoms with Gasteiger partial charge < -0.3 is 10.2 Å². The van der Waals surface area contributed by atoms with Gasteiger partial charge in [0.15, 0.2) is 0 Å². The van der Waals surface area contributed by atoms with E-state index in [0.717, 1.165) is 5.69 Å². The molecule has 1 heterocycles. The lowest BCUT2D eigenvalue weighted by molar-refractivity contribution is 0.193. The van der Waals surface area contributed by atoms with Crippen LogP contribution in [0.5, 0.6) is 0 Å². The summed E-state index contributed by atoms with van der Waals surface area (Å²) in [7, 11) is -3.72. The maximum atomic E-state index is 12.6. The molecule has 1 fully saturated rings. The molecule has 0 aromatic heterocycles. The monoisotopic (exact) mass is 471 g/mol. The topological polar surface area (TPSA) is 78.5 Å². The number of sulfonamides is 1. The lowest BCUT2D eigenvalue weighted by Gasteiger charge is -2.32. The molecular weight excluding hydrogens is 454 g/mol. The molecule has 3 rings (SSSR count). The van der Waals surface area contributed by atoms with Crippen molar-refractivity contribution in [2.75, 3.05) is 18.4 Å². The summed E-state index contributed by atoms with van der Waals surface area (Å²) in [6.07, 6.45) is 1.07. The van der Waals surface area contributed by atoms with Gasteiger partial charge in [0, 0.05) is 29.3 Å². The molecule has 2 aromatic carbocycles. The number of hydrogen-bond donors (Lipinski definition) is 2. The number of nitrogens with zero attached hydrogens (tertiary/aromatic N) is 1. The van der Waals surface area contributed by atoms with E-state index in [4.69, 9.17) is 11.6 Å². The first kappa shape index (κ1) is 20.1. The fraction of sp³-hybridized carbons (Fsp3) is 0.278. The molecule has 144 valence electrons. The van der Waals surface area contributed by atoms with Crippen molar-refractivity contribution in [3.05, 3.63) is 58.0 Å². The summed E-state index contributed by atoms with van der Waals surface area (Å²) in [6, 6.07) is 13.5. The van der Waals surface area contributed by atoms with E-state index >= 15 is 0 Å². The van der Waals surface area contributed by atoms with Crippen LogP contribution in [0.15, 0.2) is 57.9 Å². The number of halogens is 2. The standard InChI is InChI=1S/C18H19BrClN3O3S/c19-13-6-7-17(16(20)12-13)27(25,26)22-15-8-10-23(11-9-15)18(24)21-14-4-2-1-3-5-14/h1-7,12,15,22H,8-11H2,(H,21,24). The Hall–Kier alpha value is -1.61. The molecule has 2 N–H and O–H groups in total. The highest BCUT2D eigenvalue weighted by atomic mass is 79.9. The van der Waals surface area contributed by atoms with Crippen molar-refractivity contribution in [1.82, 2.24) is 9.62 Å². The van der Waals surface area contributed by atoms with Crippen molar-refractivity contribution in [2.45, 2.75) is 23.8 Å². The second kappa shape index (κ2) is 8.60. The highest BCUT2D eigenvalue weighted by Gasteiger charge is 2.27. The number of carbonyl (C=O) groups excluding carboxylic acids is 1. The summed E-state index contributed by atoms with van der Waals surface area (Å²) >= 11 is 9.33. The van der Waals surface area contributed by atoms with Gasteiger partial charge in [-0.3, -0.25) is 0 Å². The molecule has 9 heteroatoms. The molecule has 2 aromatic rings. The van der Waals surface area contributed by atoms with Crippen LogP contribution >= 0.6 is 27.5 Å². The summed E-state index contributed by atoms with van der Waals surface area (Å²) in [6.45, 7) is 0.944. The minimum absolute atomic E-state index is 0.0524. The molecule has 1 saturated heterocycles. The fourth-order valence-corrected chi connectivity index (χ4v) is 5.24. The highest BCUT2D eigenvalue weighted by Crippen LogP contribution is 2.26. The molecule has 0 unspecified atom stereocenters. The van der Waals surface area contributed by atoms with Crippen LogP contribution in [0.25, 0.3) is 0 Å². The molecule has 0 saturated carbocycles. The number of likely N-dealkylation sites (tertiary alicyclic amines) is 1. The number of anilines is 1. The average Bonchev–Trinajstić information content (AvgIpc) is 2.62. The van der Waals surface area contributed by atoms with E-state index in [1.807, 2.05) is 30.3 Å². The highest BCUT2D eigenvalue weighted by molar-refractivity contribution is 9.10. The Bertz CT molecular complexity index is 917. The molecule has 0 atom stereocenters. The molecule has 27 heavy (non-hydrogen) atoms. The van der Waals surface area contributed by atoms with Gasteiger partial charge in [-0.25, -0.2) is 17.9 Å². The number of para-hydroxylation sites is 1. The number of rotatable bonds is 4. The van der Waals surface area contributed by atoms with E-state index in [1.165, 1.54) is 6.07 Å². The van der Waals surface area contributed by atoms with Gasteiger partial charge in [-0.1, -0.05) is 45.7 Å². The summed E-state index contributed by atoms with van der Waals surface area (Å²) < 4.78 is 28.6. The Labute approximate surface area is 172 Å². The third-order valence-corrected chi connectivity index (χ3v) is 6.81. The number of nitrogens with one attached hydrogen (secondary N) is 2. The van der Waals surface area contributed by atoms with Crippen molar-refractivity contribution in [3.8, 4) is 0 Å². The lowest BCUT2D eigenvalue weighted by atomic mass is 10.1. The van der Waals surface area contributed by atoms with Crippen LogP contribution in [0.3, 0.4) is 0 Å². The van der Waals surface area contributed by atoms with Gasteiger partial charge in [0.05, 0.1) is 5.02 Å². The second-order valence-electron chi connectivity index (χ2n) is 6.25. The van der Waals surface area contributed by atoms with Crippen molar-refractivity contribution in [3.63, 3.8) is 0 Å². The first-order valence-electron chi connectivity index (χ1n) is 8.43. The Balaban J connectivity index is 1.56. The molecule has 0 bridgehead atoms.